The van der Waals surface area contributed by atoms with Crippen LogP contribution in [0.5, 0.6) is 0 Å². The highest BCUT2D eigenvalue weighted by atomic mass is 16.6. The fourth-order valence-corrected chi connectivity index (χ4v) is 1.71. The Morgan fingerprint density at radius 1 is 1.47 bits per heavy atom. The zero-order chi connectivity index (χ0) is 13.4. The second-order valence-corrected chi connectivity index (χ2v) is 5.69. The number of rotatable bonds is 1. The Labute approximate surface area is 101 Å². The first kappa shape index (κ1) is 13.8. The number of ether oxygens (including phenoxy) is 1. The molecule has 0 bridgehead atoms. The number of hydrogen-bond acceptors (Lipinski definition) is 4. The van der Waals surface area contributed by atoms with Crippen molar-refractivity contribution in [2.75, 3.05) is 13.1 Å². The van der Waals surface area contributed by atoms with Gasteiger partial charge in [0.1, 0.15) is 5.60 Å². The van der Waals surface area contributed by atoms with Crippen LogP contribution in [0.25, 0.3) is 0 Å². The highest BCUT2D eigenvalue weighted by Crippen LogP contribution is 2.30. The fraction of sp³-hybridized carbons (Fsp3) is 0.818. The Kier molecular flexibility index (Phi) is 3.38. The predicted molar refractivity (Wildman–Crippen MR) is 61.5 cm³/mol. The maximum Gasteiger partial charge on any atom is 0.410 e. The minimum Gasteiger partial charge on any atom is -0.481 e. The van der Waals surface area contributed by atoms with Gasteiger partial charge in [0.25, 0.3) is 0 Å². The van der Waals surface area contributed by atoms with Crippen LogP contribution in [-0.4, -0.2) is 46.8 Å². The predicted octanol–water partition coefficient (Wildman–Crippen LogP) is 0.655. The number of nitrogens with zero attached hydrogens (tertiary/aromatic N) is 1. The molecule has 17 heavy (non-hydrogen) atoms. The van der Waals surface area contributed by atoms with Gasteiger partial charge < -0.3 is 20.5 Å². The summed E-state index contributed by atoms with van der Waals surface area (Å²) in [7, 11) is 0. The zero-order valence-electron chi connectivity index (χ0n) is 10.7. The summed E-state index contributed by atoms with van der Waals surface area (Å²) in [5.41, 5.74) is 4.08. The molecule has 1 amide bonds. The van der Waals surface area contributed by atoms with E-state index in [0.29, 0.717) is 0 Å². The molecule has 0 aromatic carbocycles. The average Bonchev–Trinajstić information content (AvgIpc) is 2.42. The van der Waals surface area contributed by atoms with Gasteiger partial charge in [-0.1, -0.05) is 0 Å². The molecule has 0 saturated carbocycles. The van der Waals surface area contributed by atoms with Gasteiger partial charge in [0.2, 0.25) is 0 Å². The maximum atomic E-state index is 11.8. The van der Waals surface area contributed by atoms with E-state index in [4.69, 9.17) is 15.6 Å². The van der Waals surface area contributed by atoms with Gasteiger partial charge in [-0.25, -0.2) is 4.79 Å². The molecule has 0 radical (unpaired) electrons. The van der Waals surface area contributed by atoms with E-state index in [1.165, 1.54) is 4.90 Å². The summed E-state index contributed by atoms with van der Waals surface area (Å²) in [6, 6.07) is -0.576. The number of aliphatic carboxylic acids is 1. The van der Waals surface area contributed by atoms with E-state index >= 15 is 0 Å². The summed E-state index contributed by atoms with van der Waals surface area (Å²) >= 11 is 0. The van der Waals surface area contributed by atoms with Crippen LogP contribution in [0, 0.1) is 5.41 Å². The van der Waals surface area contributed by atoms with Gasteiger partial charge in [0, 0.05) is 19.1 Å². The lowest BCUT2D eigenvalue weighted by molar-refractivity contribution is -0.147. The lowest BCUT2D eigenvalue weighted by atomic mass is 9.86. The van der Waals surface area contributed by atoms with Gasteiger partial charge in [0.15, 0.2) is 0 Å². The minimum atomic E-state index is -1.10. The monoisotopic (exact) mass is 244 g/mol. The summed E-state index contributed by atoms with van der Waals surface area (Å²) in [5.74, 6) is -0.990. The minimum absolute atomic E-state index is 0.0818. The standard InChI is InChI=1S/C11H20N2O4/c1-10(2,3)17-9(16)13-5-7(12)11(4,6-13)8(14)15/h7H,5-6,12H2,1-4H3,(H,14,15). The summed E-state index contributed by atoms with van der Waals surface area (Å²) < 4.78 is 5.18. The van der Waals surface area contributed by atoms with E-state index in [1.54, 1.807) is 27.7 Å². The molecule has 1 fully saturated rings. The summed E-state index contributed by atoms with van der Waals surface area (Å²) in [4.78, 5) is 24.3. The molecule has 6 heteroatoms. The van der Waals surface area contributed by atoms with Crippen molar-refractivity contribution in [3.8, 4) is 0 Å². The van der Waals surface area contributed by atoms with Gasteiger partial charge in [-0.15, -0.1) is 0 Å². The Balaban J connectivity index is 2.73. The first-order valence-corrected chi connectivity index (χ1v) is 5.53. The number of nitrogens with two attached hydrogens (primary N) is 1. The van der Waals surface area contributed by atoms with Crippen LogP contribution in [0.3, 0.4) is 0 Å². The van der Waals surface area contributed by atoms with Crippen LogP contribution in [0.4, 0.5) is 4.79 Å². The van der Waals surface area contributed by atoms with Crippen LogP contribution >= 0.6 is 0 Å². The molecule has 1 rings (SSSR count). The molecule has 2 unspecified atom stereocenters. The smallest absolute Gasteiger partial charge is 0.410 e. The van der Waals surface area contributed by atoms with E-state index in [2.05, 4.69) is 0 Å². The molecule has 1 saturated heterocycles. The Morgan fingerprint density at radius 2 is 2.00 bits per heavy atom. The Morgan fingerprint density at radius 3 is 2.35 bits per heavy atom. The topological polar surface area (TPSA) is 92.9 Å². The lowest BCUT2D eigenvalue weighted by Gasteiger charge is -2.25. The molecule has 6 nitrogen and oxygen atoms in total. The number of carboxylic acid groups (broad SMARTS) is 1. The average molecular weight is 244 g/mol. The van der Waals surface area contributed by atoms with Crippen LogP contribution in [0.2, 0.25) is 0 Å². The molecule has 0 aromatic rings. The summed E-state index contributed by atoms with van der Waals surface area (Å²) in [6.45, 7) is 7.12. The molecule has 2 atom stereocenters. The van der Waals surface area contributed by atoms with E-state index in [1.807, 2.05) is 0 Å². The molecule has 1 aliphatic heterocycles. The van der Waals surface area contributed by atoms with Crippen molar-refractivity contribution in [2.24, 2.45) is 11.1 Å². The lowest BCUT2D eigenvalue weighted by Crippen LogP contribution is -2.44. The third-order valence-electron chi connectivity index (χ3n) is 2.90. The van der Waals surface area contributed by atoms with E-state index < -0.39 is 29.1 Å². The molecule has 1 aliphatic rings. The second-order valence-electron chi connectivity index (χ2n) is 5.69. The van der Waals surface area contributed by atoms with Crippen molar-refractivity contribution in [1.82, 2.24) is 4.90 Å². The van der Waals surface area contributed by atoms with Crippen molar-refractivity contribution in [3.05, 3.63) is 0 Å². The van der Waals surface area contributed by atoms with Crippen molar-refractivity contribution in [3.63, 3.8) is 0 Å². The van der Waals surface area contributed by atoms with Gasteiger partial charge >= 0.3 is 12.1 Å². The molecular weight excluding hydrogens is 224 g/mol. The summed E-state index contributed by atoms with van der Waals surface area (Å²) in [5, 5.41) is 9.12. The Bertz CT molecular complexity index is 337. The molecule has 0 spiro atoms. The molecule has 0 aromatic heterocycles. The largest absolute Gasteiger partial charge is 0.481 e. The second kappa shape index (κ2) is 4.18. The van der Waals surface area contributed by atoms with Crippen molar-refractivity contribution >= 4 is 12.1 Å². The number of likely N-dealkylation sites (tertiary alicyclic amines) is 1. The number of hydrogen-bond donors (Lipinski definition) is 2. The van der Waals surface area contributed by atoms with Crippen LogP contribution in [0.15, 0.2) is 0 Å². The van der Waals surface area contributed by atoms with Gasteiger partial charge in [-0.2, -0.15) is 0 Å². The maximum absolute atomic E-state index is 11.8. The normalized spacial score (nSPS) is 29.2. The highest BCUT2D eigenvalue weighted by molar-refractivity contribution is 5.78. The first-order chi connectivity index (χ1) is 7.56. The SMILES string of the molecule is CC(C)(C)OC(=O)N1CC(N)C(C)(C(=O)O)C1. The third-order valence-corrected chi connectivity index (χ3v) is 2.90. The Hall–Kier alpha value is -1.30. The molecule has 3 N–H and O–H groups in total. The van der Waals surface area contributed by atoms with Crippen LogP contribution in [-0.2, 0) is 9.53 Å². The van der Waals surface area contributed by atoms with E-state index in [0.717, 1.165) is 0 Å². The molecule has 1 heterocycles. The first-order valence-electron chi connectivity index (χ1n) is 5.53. The van der Waals surface area contributed by atoms with Gasteiger partial charge in [-0.05, 0) is 27.7 Å². The third kappa shape index (κ3) is 2.88. The number of amides is 1. The van der Waals surface area contributed by atoms with Crippen molar-refractivity contribution in [1.29, 1.82) is 0 Å². The molecular formula is C11H20N2O4. The van der Waals surface area contributed by atoms with E-state index in [9.17, 15) is 9.59 Å². The molecule has 0 aliphatic carbocycles. The highest BCUT2D eigenvalue weighted by Gasteiger charge is 2.49. The number of carbonyl (C=O) groups is 2. The van der Waals surface area contributed by atoms with Gasteiger partial charge in [0.05, 0.1) is 5.41 Å². The van der Waals surface area contributed by atoms with Crippen LogP contribution in [0.1, 0.15) is 27.7 Å². The quantitative estimate of drug-likeness (QED) is 0.706. The van der Waals surface area contributed by atoms with Crippen molar-refractivity contribution < 1.29 is 19.4 Å². The molecule has 98 valence electrons. The fourth-order valence-electron chi connectivity index (χ4n) is 1.71. The van der Waals surface area contributed by atoms with Crippen molar-refractivity contribution in [2.45, 2.75) is 39.3 Å². The van der Waals surface area contributed by atoms with Crippen LogP contribution < -0.4 is 5.73 Å². The van der Waals surface area contributed by atoms with E-state index in [-0.39, 0.29) is 13.1 Å². The summed E-state index contributed by atoms with van der Waals surface area (Å²) in [6.07, 6.45) is -0.516. The number of carbonyl (C=O) groups excluding carboxylic acids is 1. The zero-order valence-corrected chi connectivity index (χ0v) is 10.7. The van der Waals surface area contributed by atoms with Gasteiger partial charge in [-0.3, -0.25) is 4.79 Å². The number of carboxylic acids is 1.